The van der Waals surface area contributed by atoms with E-state index in [2.05, 4.69) is 6.92 Å². The third-order valence-electron chi connectivity index (χ3n) is 2.20. The summed E-state index contributed by atoms with van der Waals surface area (Å²) in [6.07, 6.45) is 0.871. The van der Waals surface area contributed by atoms with E-state index in [1.54, 1.807) is 0 Å². The highest BCUT2D eigenvalue weighted by Crippen LogP contribution is 2.18. The summed E-state index contributed by atoms with van der Waals surface area (Å²) >= 11 is 0. The fraction of sp³-hybridized carbons (Fsp3) is 1.00. The Hall–Kier alpha value is -0.120. The topological polar surface area (TPSA) is 49.7 Å². The van der Waals surface area contributed by atoms with Gasteiger partial charge in [-0.1, -0.05) is 20.8 Å². The molecule has 0 saturated carbocycles. The van der Waals surface area contributed by atoms with Crippen LogP contribution in [0.2, 0.25) is 0 Å². The molecule has 80 valence electrons. The Labute approximate surface area is 80.7 Å². The number of aliphatic hydroxyl groups is 2. The molecule has 0 radical (unpaired) electrons. The van der Waals surface area contributed by atoms with Gasteiger partial charge in [-0.15, -0.1) is 0 Å². The van der Waals surface area contributed by atoms with Crippen molar-refractivity contribution >= 4 is 0 Å². The standard InChI is InChI=1S/C8H16O3.C2H6/c1-6-2-3-11-8(5-9)7(10)4-6;1-2/h6-10H,2-5H2,1H3;1-2H3/t6-,7-,8?;/m0./s1. The molecule has 1 rings (SSSR count). The Bertz CT molecular complexity index is 117. The van der Waals surface area contributed by atoms with Gasteiger partial charge in [0.05, 0.1) is 12.7 Å². The minimum absolute atomic E-state index is 0.0755. The van der Waals surface area contributed by atoms with Gasteiger partial charge in [0.2, 0.25) is 0 Å². The minimum atomic E-state index is -0.488. The summed E-state index contributed by atoms with van der Waals surface area (Å²) in [5.41, 5.74) is 0. The lowest BCUT2D eigenvalue weighted by molar-refractivity contribution is -0.0528. The van der Waals surface area contributed by atoms with Crippen LogP contribution in [0.3, 0.4) is 0 Å². The van der Waals surface area contributed by atoms with E-state index < -0.39 is 6.10 Å². The number of hydrogen-bond acceptors (Lipinski definition) is 3. The van der Waals surface area contributed by atoms with E-state index in [1.807, 2.05) is 13.8 Å². The zero-order valence-corrected chi connectivity index (χ0v) is 8.86. The van der Waals surface area contributed by atoms with Crippen LogP contribution in [0.5, 0.6) is 0 Å². The number of rotatable bonds is 1. The average Bonchev–Trinajstić information content (AvgIpc) is 2.30. The Kier molecular flexibility index (Phi) is 7.23. The molecule has 1 saturated heterocycles. The van der Waals surface area contributed by atoms with Gasteiger partial charge < -0.3 is 14.9 Å². The highest BCUT2D eigenvalue weighted by molar-refractivity contribution is 4.74. The molecule has 0 amide bonds. The van der Waals surface area contributed by atoms with Crippen molar-refractivity contribution in [1.82, 2.24) is 0 Å². The van der Waals surface area contributed by atoms with Gasteiger partial charge >= 0.3 is 0 Å². The molecule has 0 spiro atoms. The minimum Gasteiger partial charge on any atom is -0.394 e. The van der Waals surface area contributed by atoms with Crippen molar-refractivity contribution in [1.29, 1.82) is 0 Å². The first-order valence-corrected chi connectivity index (χ1v) is 5.14. The third kappa shape index (κ3) is 4.60. The van der Waals surface area contributed by atoms with Crippen LogP contribution in [0.1, 0.15) is 33.6 Å². The summed E-state index contributed by atoms with van der Waals surface area (Å²) in [7, 11) is 0. The molecule has 1 fully saturated rings. The largest absolute Gasteiger partial charge is 0.394 e. The first-order chi connectivity index (χ1) is 6.24. The van der Waals surface area contributed by atoms with Crippen LogP contribution < -0.4 is 0 Å². The smallest absolute Gasteiger partial charge is 0.106 e. The van der Waals surface area contributed by atoms with Gasteiger partial charge in [0.1, 0.15) is 6.10 Å². The van der Waals surface area contributed by atoms with Gasteiger partial charge in [0.25, 0.3) is 0 Å². The van der Waals surface area contributed by atoms with E-state index in [0.29, 0.717) is 12.5 Å². The second kappa shape index (κ2) is 7.30. The Morgan fingerprint density at radius 1 is 1.38 bits per heavy atom. The van der Waals surface area contributed by atoms with Crippen molar-refractivity contribution in [3.63, 3.8) is 0 Å². The fourth-order valence-corrected chi connectivity index (χ4v) is 1.39. The number of hydrogen-bond donors (Lipinski definition) is 2. The maximum absolute atomic E-state index is 9.43. The molecule has 3 heteroatoms. The Morgan fingerprint density at radius 2 is 2.00 bits per heavy atom. The zero-order chi connectivity index (χ0) is 10.3. The van der Waals surface area contributed by atoms with Gasteiger partial charge in [-0.3, -0.25) is 0 Å². The van der Waals surface area contributed by atoms with Crippen LogP contribution in [0.4, 0.5) is 0 Å². The van der Waals surface area contributed by atoms with Gasteiger partial charge in [-0.2, -0.15) is 0 Å². The molecule has 13 heavy (non-hydrogen) atoms. The Morgan fingerprint density at radius 3 is 2.54 bits per heavy atom. The van der Waals surface area contributed by atoms with Gasteiger partial charge in [0.15, 0.2) is 0 Å². The number of ether oxygens (including phenoxy) is 1. The lowest BCUT2D eigenvalue weighted by atomic mass is 9.99. The molecule has 0 aromatic carbocycles. The van der Waals surface area contributed by atoms with Gasteiger partial charge in [-0.05, 0) is 18.8 Å². The molecule has 3 atom stereocenters. The lowest BCUT2D eigenvalue weighted by Gasteiger charge is -2.17. The Balaban J connectivity index is 0.000000671. The number of aliphatic hydroxyl groups excluding tert-OH is 2. The fourth-order valence-electron chi connectivity index (χ4n) is 1.39. The normalized spacial score (nSPS) is 34.4. The summed E-state index contributed by atoms with van der Waals surface area (Å²) in [5, 5.41) is 18.2. The molecule has 2 N–H and O–H groups in total. The van der Waals surface area contributed by atoms with Crippen LogP contribution in [0.15, 0.2) is 0 Å². The average molecular weight is 190 g/mol. The zero-order valence-electron chi connectivity index (χ0n) is 8.86. The van der Waals surface area contributed by atoms with Crippen LogP contribution in [-0.2, 0) is 4.74 Å². The third-order valence-corrected chi connectivity index (χ3v) is 2.20. The van der Waals surface area contributed by atoms with E-state index in [4.69, 9.17) is 9.84 Å². The van der Waals surface area contributed by atoms with Gasteiger partial charge in [0, 0.05) is 6.61 Å². The van der Waals surface area contributed by atoms with E-state index in [-0.39, 0.29) is 12.7 Å². The second-order valence-corrected chi connectivity index (χ2v) is 3.29. The molecular weight excluding hydrogens is 168 g/mol. The molecule has 0 aliphatic carbocycles. The van der Waals surface area contributed by atoms with Crippen molar-refractivity contribution in [2.45, 2.75) is 45.8 Å². The summed E-state index contributed by atoms with van der Waals surface area (Å²) in [6.45, 7) is 6.67. The highest BCUT2D eigenvalue weighted by atomic mass is 16.5. The molecule has 0 bridgehead atoms. The second-order valence-electron chi connectivity index (χ2n) is 3.29. The molecule has 1 aliphatic heterocycles. The van der Waals surface area contributed by atoms with Crippen molar-refractivity contribution in [2.24, 2.45) is 5.92 Å². The molecule has 1 aliphatic rings. The molecule has 1 heterocycles. The van der Waals surface area contributed by atoms with Crippen LogP contribution >= 0.6 is 0 Å². The maximum Gasteiger partial charge on any atom is 0.106 e. The van der Waals surface area contributed by atoms with Crippen molar-refractivity contribution in [2.75, 3.05) is 13.2 Å². The summed E-state index contributed by atoms with van der Waals surface area (Å²) in [5.74, 6) is 0.501. The first-order valence-electron chi connectivity index (χ1n) is 5.14. The van der Waals surface area contributed by atoms with E-state index in [0.717, 1.165) is 12.8 Å². The first kappa shape index (κ1) is 12.9. The summed E-state index contributed by atoms with van der Waals surface area (Å²) < 4.78 is 5.23. The summed E-state index contributed by atoms with van der Waals surface area (Å²) in [6, 6.07) is 0. The van der Waals surface area contributed by atoms with E-state index in [9.17, 15) is 5.11 Å². The maximum atomic E-state index is 9.43. The SMILES string of the molecule is CC.C[C@H]1CCOC(CO)[C@@H](O)C1. The van der Waals surface area contributed by atoms with Crippen molar-refractivity contribution in [3.8, 4) is 0 Å². The quantitative estimate of drug-likeness (QED) is 0.653. The summed E-state index contributed by atoms with van der Waals surface area (Å²) in [4.78, 5) is 0. The van der Waals surface area contributed by atoms with Gasteiger partial charge in [-0.25, -0.2) is 0 Å². The molecule has 0 aromatic rings. The van der Waals surface area contributed by atoms with E-state index in [1.165, 1.54) is 0 Å². The molecule has 0 aromatic heterocycles. The van der Waals surface area contributed by atoms with Crippen LogP contribution in [-0.4, -0.2) is 35.6 Å². The van der Waals surface area contributed by atoms with Crippen molar-refractivity contribution < 1.29 is 14.9 Å². The predicted octanol–water partition coefficient (Wildman–Crippen LogP) is 1.18. The predicted molar refractivity (Wildman–Crippen MR) is 52.6 cm³/mol. The highest BCUT2D eigenvalue weighted by Gasteiger charge is 2.24. The van der Waals surface area contributed by atoms with E-state index >= 15 is 0 Å². The molecule has 1 unspecified atom stereocenters. The molecular formula is C10H22O3. The lowest BCUT2D eigenvalue weighted by Crippen LogP contribution is -2.31. The van der Waals surface area contributed by atoms with Crippen LogP contribution in [0, 0.1) is 5.92 Å². The molecule has 3 nitrogen and oxygen atoms in total. The van der Waals surface area contributed by atoms with Crippen molar-refractivity contribution in [3.05, 3.63) is 0 Å². The monoisotopic (exact) mass is 190 g/mol. The van der Waals surface area contributed by atoms with Crippen LogP contribution in [0.25, 0.3) is 0 Å².